The summed E-state index contributed by atoms with van der Waals surface area (Å²) < 4.78 is 19.4. The van der Waals surface area contributed by atoms with Crippen molar-refractivity contribution in [1.29, 1.82) is 0 Å². The molecule has 1 saturated carbocycles. The summed E-state index contributed by atoms with van der Waals surface area (Å²) in [5.74, 6) is 1.14. The van der Waals surface area contributed by atoms with Crippen molar-refractivity contribution in [2.24, 2.45) is 5.92 Å². The number of benzene rings is 1. The van der Waals surface area contributed by atoms with E-state index in [4.69, 9.17) is 4.74 Å². The van der Waals surface area contributed by atoms with Crippen LogP contribution in [0.25, 0.3) is 0 Å². The predicted octanol–water partition coefficient (Wildman–Crippen LogP) is 4.48. The standard InChI is InChI=1S/C15H21FO/c1-3-12-6-4-5-7-15(12)17-13-9-8-11(2)14(16)10-13/h8-10,12,15H,3-7H2,1-2H3. The second-order valence-corrected chi connectivity index (χ2v) is 5.02. The highest BCUT2D eigenvalue weighted by atomic mass is 19.1. The maximum absolute atomic E-state index is 13.4. The third kappa shape index (κ3) is 2.99. The van der Waals surface area contributed by atoms with Crippen LogP contribution in [0.3, 0.4) is 0 Å². The highest BCUT2D eigenvalue weighted by Crippen LogP contribution is 2.30. The van der Waals surface area contributed by atoms with Crippen molar-refractivity contribution < 1.29 is 9.13 Å². The van der Waals surface area contributed by atoms with Gasteiger partial charge >= 0.3 is 0 Å². The van der Waals surface area contributed by atoms with Crippen LogP contribution >= 0.6 is 0 Å². The van der Waals surface area contributed by atoms with E-state index in [1.165, 1.54) is 25.3 Å². The van der Waals surface area contributed by atoms with Gasteiger partial charge in [0.1, 0.15) is 17.7 Å². The van der Waals surface area contributed by atoms with Crippen molar-refractivity contribution in [1.82, 2.24) is 0 Å². The normalized spacial score (nSPS) is 24.6. The summed E-state index contributed by atoms with van der Waals surface area (Å²) in [6.45, 7) is 3.98. The molecule has 0 radical (unpaired) electrons. The molecule has 2 rings (SSSR count). The van der Waals surface area contributed by atoms with E-state index in [1.807, 2.05) is 6.07 Å². The maximum atomic E-state index is 13.4. The Morgan fingerprint density at radius 1 is 1.29 bits per heavy atom. The molecule has 2 heteroatoms. The fourth-order valence-electron chi connectivity index (χ4n) is 2.62. The summed E-state index contributed by atoms with van der Waals surface area (Å²) >= 11 is 0. The Bertz CT molecular complexity index is 375. The molecule has 0 spiro atoms. The molecule has 17 heavy (non-hydrogen) atoms. The molecule has 2 atom stereocenters. The minimum absolute atomic E-state index is 0.175. The lowest BCUT2D eigenvalue weighted by Gasteiger charge is -2.31. The van der Waals surface area contributed by atoms with Gasteiger partial charge in [0.25, 0.3) is 0 Å². The first-order valence-corrected chi connectivity index (χ1v) is 6.63. The minimum Gasteiger partial charge on any atom is -0.490 e. The molecule has 1 aliphatic carbocycles. The quantitative estimate of drug-likeness (QED) is 0.751. The molecule has 94 valence electrons. The second-order valence-electron chi connectivity index (χ2n) is 5.02. The van der Waals surface area contributed by atoms with Crippen LogP contribution in [-0.2, 0) is 0 Å². The second kappa shape index (κ2) is 5.52. The molecule has 1 aliphatic rings. The molecule has 0 aromatic heterocycles. The Hall–Kier alpha value is -1.05. The van der Waals surface area contributed by atoms with Gasteiger partial charge in [0.15, 0.2) is 0 Å². The van der Waals surface area contributed by atoms with Crippen LogP contribution in [0.2, 0.25) is 0 Å². The van der Waals surface area contributed by atoms with Gasteiger partial charge in [0.05, 0.1) is 0 Å². The van der Waals surface area contributed by atoms with Crippen LogP contribution in [-0.4, -0.2) is 6.10 Å². The van der Waals surface area contributed by atoms with Gasteiger partial charge < -0.3 is 4.74 Å². The van der Waals surface area contributed by atoms with Crippen LogP contribution in [0.15, 0.2) is 18.2 Å². The number of hydrogen-bond acceptors (Lipinski definition) is 1. The van der Waals surface area contributed by atoms with Crippen LogP contribution < -0.4 is 4.74 Å². The zero-order valence-corrected chi connectivity index (χ0v) is 10.7. The van der Waals surface area contributed by atoms with Crippen LogP contribution in [0, 0.1) is 18.7 Å². The number of ether oxygens (including phenoxy) is 1. The molecule has 0 saturated heterocycles. The average Bonchev–Trinajstić information content (AvgIpc) is 2.34. The third-order valence-electron chi connectivity index (χ3n) is 3.79. The van der Waals surface area contributed by atoms with E-state index < -0.39 is 0 Å². The molecule has 1 aromatic rings. The Kier molecular flexibility index (Phi) is 4.03. The van der Waals surface area contributed by atoms with Crippen molar-refractivity contribution in [3.05, 3.63) is 29.6 Å². The number of aryl methyl sites for hydroxylation is 1. The van der Waals surface area contributed by atoms with E-state index in [2.05, 4.69) is 6.92 Å². The summed E-state index contributed by atoms with van der Waals surface area (Å²) in [4.78, 5) is 0. The number of halogens is 1. The molecular weight excluding hydrogens is 215 g/mol. The Balaban J connectivity index is 2.05. The van der Waals surface area contributed by atoms with Gasteiger partial charge in [-0.25, -0.2) is 4.39 Å². The monoisotopic (exact) mass is 236 g/mol. The molecule has 1 aromatic carbocycles. The van der Waals surface area contributed by atoms with Gasteiger partial charge in [-0.15, -0.1) is 0 Å². The maximum Gasteiger partial charge on any atom is 0.129 e. The van der Waals surface area contributed by atoms with E-state index in [9.17, 15) is 4.39 Å². The van der Waals surface area contributed by atoms with Crippen molar-refractivity contribution >= 4 is 0 Å². The smallest absolute Gasteiger partial charge is 0.129 e. The van der Waals surface area contributed by atoms with Gasteiger partial charge in [0.2, 0.25) is 0 Å². The van der Waals surface area contributed by atoms with Crippen molar-refractivity contribution in [3.8, 4) is 5.75 Å². The summed E-state index contributed by atoms with van der Waals surface area (Å²) in [5, 5.41) is 0. The van der Waals surface area contributed by atoms with Gasteiger partial charge in [-0.1, -0.05) is 19.4 Å². The van der Waals surface area contributed by atoms with E-state index in [-0.39, 0.29) is 11.9 Å². The lowest BCUT2D eigenvalue weighted by atomic mass is 9.85. The molecule has 0 aliphatic heterocycles. The Morgan fingerprint density at radius 2 is 2.06 bits per heavy atom. The predicted molar refractivity (Wildman–Crippen MR) is 67.8 cm³/mol. The molecule has 0 amide bonds. The first-order valence-electron chi connectivity index (χ1n) is 6.63. The molecule has 2 unspecified atom stereocenters. The van der Waals surface area contributed by atoms with Crippen molar-refractivity contribution in [2.45, 2.75) is 52.1 Å². The first-order chi connectivity index (χ1) is 8.20. The summed E-state index contributed by atoms with van der Waals surface area (Å²) in [7, 11) is 0. The fourth-order valence-corrected chi connectivity index (χ4v) is 2.62. The summed E-state index contributed by atoms with van der Waals surface area (Å²) in [5.41, 5.74) is 0.674. The van der Waals surface area contributed by atoms with E-state index >= 15 is 0 Å². The lowest BCUT2D eigenvalue weighted by molar-refractivity contribution is 0.0900. The van der Waals surface area contributed by atoms with Crippen molar-refractivity contribution in [3.63, 3.8) is 0 Å². The van der Waals surface area contributed by atoms with E-state index in [0.29, 0.717) is 17.2 Å². The van der Waals surface area contributed by atoms with Gasteiger partial charge in [-0.05, 0) is 50.2 Å². The fraction of sp³-hybridized carbons (Fsp3) is 0.600. The number of hydrogen-bond donors (Lipinski definition) is 0. The minimum atomic E-state index is -0.175. The highest BCUT2D eigenvalue weighted by molar-refractivity contribution is 5.28. The molecule has 0 bridgehead atoms. The zero-order chi connectivity index (χ0) is 12.3. The van der Waals surface area contributed by atoms with Crippen LogP contribution in [0.1, 0.15) is 44.6 Å². The molecule has 1 nitrogen and oxygen atoms in total. The van der Waals surface area contributed by atoms with Gasteiger partial charge in [-0.2, -0.15) is 0 Å². The SMILES string of the molecule is CCC1CCCCC1Oc1ccc(C)c(F)c1. The third-order valence-corrected chi connectivity index (χ3v) is 3.79. The largest absolute Gasteiger partial charge is 0.490 e. The summed E-state index contributed by atoms with van der Waals surface area (Å²) in [6.07, 6.45) is 6.31. The van der Waals surface area contributed by atoms with Gasteiger partial charge in [0, 0.05) is 6.07 Å². The van der Waals surface area contributed by atoms with Crippen LogP contribution in [0.5, 0.6) is 5.75 Å². The summed E-state index contributed by atoms with van der Waals surface area (Å²) in [6, 6.07) is 5.17. The number of rotatable bonds is 3. The van der Waals surface area contributed by atoms with Crippen molar-refractivity contribution in [2.75, 3.05) is 0 Å². The van der Waals surface area contributed by atoms with Gasteiger partial charge in [-0.3, -0.25) is 0 Å². The van der Waals surface area contributed by atoms with E-state index in [1.54, 1.807) is 13.0 Å². The first kappa shape index (κ1) is 12.4. The molecule has 0 N–H and O–H groups in total. The van der Waals surface area contributed by atoms with E-state index in [0.717, 1.165) is 12.8 Å². The zero-order valence-electron chi connectivity index (χ0n) is 10.7. The lowest BCUT2D eigenvalue weighted by Crippen LogP contribution is -2.29. The molecule has 1 fully saturated rings. The topological polar surface area (TPSA) is 9.23 Å². The van der Waals surface area contributed by atoms with Crippen LogP contribution in [0.4, 0.5) is 4.39 Å². The molecular formula is C15H21FO. The molecule has 0 heterocycles. The Labute approximate surface area is 103 Å². The highest BCUT2D eigenvalue weighted by Gasteiger charge is 2.25. The Morgan fingerprint density at radius 3 is 2.76 bits per heavy atom. The average molecular weight is 236 g/mol.